The van der Waals surface area contributed by atoms with Gasteiger partial charge in [0.2, 0.25) is 0 Å². The summed E-state index contributed by atoms with van der Waals surface area (Å²) in [5, 5.41) is 24.4. The number of nitrogens with one attached hydrogen (secondary N) is 1. The maximum atomic E-state index is 12.6. The second-order valence-corrected chi connectivity index (χ2v) is 6.92. The number of aryl methyl sites for hydroxylation is 1. The molecule has 6 nitrogen and oxygen atoms in total. The van der Waals surface area contributed by atoms with Gasteiger partial charge in [0.25, 0.3) is 5.56 Å². The van der Waals surface area contributed by atoms with Crippen molar-refractivity contribution in [2.75, 3.05) is 6.54 Å². The van der Waals surface area contributed by atoms with Gasteiger partial charge in [-0.3, -0.25) is 9.36 Å². The third-order valence-electron chi connectivity index (χ3n) is 4.56. The fourth-order valence-electron chi connectivity index (χ4n) is 3.31. The van der Waals surface area contributed by atoms with Gasteiger partial charge in [-0.2, -0.15) is 0 Å². The topological polar surface area (TPSA) is 87.4 Å². The summed E-state index contributed by atoms with van der Waals surface area (Å²) in [5.74, 6) is 0. The molecule has 1 aromatic carbocycles. The Labute approximate surface area is 157 Å². The van der Waals surface area contributed by atoms with Crippen LogP contribution in [0.2, 0.25) is 5.02 Å². The molecule has 1 aromatic heterocycles. The summed E-state index contributed by atoms with van der Waals surface area (Å²) in [6, 6.07) is 3.23. The lowest BCUT2D eigenvalue weighted by Gasteiger charge is -2.30. The number of rotatable bonds is 4. The first-order chi connectivity index (χ1) is 11.5. The molecular formula is C17H23Cl2N3O3. The van der Waals surface area contributed by atoms with Crippen LogP contribution >= 0.6 is 24.0 Å². The molecule has 3 N–H and O–H groups in total. The summed E-state index contributed by atoms with van der Waals surface area (Å²) >= 11 is 6.04. The lowest BCUT2D eigenvalue weighted by molar-refractivity contribution is 0.0539. The molecule has 1 aliphatic heterocycles. The SMILES string of the molecule is Cc1cc(Cl)cc2c(=O)n(CC(O)C[C@H]3NCCC[C@@H]3O)cnc12.Cl. The first-order valence-electron chi connectivity index (χ1n) is 8.20. The number of hydrogen-bond acceptors (Lipinski definition) is 5. The highest BCUT2D eigenvalue weighted by atomic mass is 35.5. The van der Waals surface area contributed by atoms with Crippen molar-refractivity contribution in [3.63, 3.8) is 0 Å². The van der Waals surface area contributed by atoms with Gasteiger partial charge in [0, 0.05) is 11.1 Å². The average Bonchev–Trinajstić information content (AvgIpc) is 2.53. The molecule has 1 unspecified atom stereocenters. The number of nitrogens with zero attached hydrogens (tertiary/aromatic N) is 2. The maximum absolute atomic E-state index is 12.6. The second-order valence-electron chi connectivity index (χ2n) is 6.48. The smallest absolute Gasteiger partial charge is 0.261 e. The van der Waals surface area contributed by atoms with Crippen molar-refractivity contribution in [2.24, 2.45) is 0 Å². The van der Waals surface area contributed by atoms with Crippen molar-refractivity contribution >= 4 is 34.9 Å². The fraction of sp³-hybridized carbons (Fsp3) is 0.529. The zero-order valence-corrected chi connectivity index (χ0v) is 15.6. The lowest BCUT2D eigenvalue weighted by Crippen LogP contribution is -2.47. The van der Waals surface area contributed by atoms with Crippen molar-refractivity contribution in [3.8, 4) is 0 Å². The summed E-state index contributed by atoms with van der Waals surface area (Å²) in [7, 11) is 0. The molecular weight excluding hydrogens is 365 g/mol. The molecule has 3 rings (SSSR count). The van der Waals surface area contributed by atoms with Crippen molar-refractivity contribution < 1.29 is 10.2 Å². The fourth-order valence-corrected chi connectivity index (χ4v) is 3.58. The van der Waals surface area contributed by atoms with E-state index < -0.39 is 12.2 Å². The van der Waals surface area contributed by atoms with Crippen LogP contribution in [0, 0.1) is 6.92 Å². The molecule has 3 atom stereocenters. The monoisotopic (exact) mass is 387 g/mol. The minimum Gasteiger partial charge on any atom is -0.392 e. The van der Waals surface area contributed by atoms with Crippen LogP contribution in [0.5, 0.6) is 0 Å². The summed E-state index contributed by atoms with van der Waals surface area (Å²) in [5.41, 5.74) is 1.25. The van der Waals surface area contributed by atoms with E-state index >= 15 is 0 Å². The van der Waals surface area contributed by atoms with Gasteiger partial charge in [-0.1, -0.05) is 11.6 Å². The number of halogens is 2. The largest absolute Gasteiger partial charge is 0.392 e. The Morgan fingerprint density at radius 3 is 2.96 bits per heavy atom. The van der Waals surface area contributed by atoms with Gasteiger partial charge in [-0.15, -0.1) is 12.4 Å². The molecule has 2 heterocycles. The van der Waals surface area contributed by atoms with Crippen LogP contribution in [-0.2, 0) is 6.54 Å². The van der Waals surface area contributed by atoms with E-state index in [1.165, 1.54) is 10.9 Å². The molecule has 138 valence electrons. The standard InChI is InChI=1S/C17H22ClN3O3.ClH/c1-10-5-11(18)6-13-16(10)20-9-21(17(13)24)8-12(22)7-14-15(23)3-2-4-19-14;/h5-6,9,12,14-15,19,22-23H,2-4,7-8H2,1H3;1H/t12?,14-,15+;/m1./s1. The first kappa shape index (κ1) is 20.1. The van der Waals surface area contributed by atoms with Crippen LogP contribution in [-0.4, -0.2) is 44.6 Å². The molecule has 0 spiro atoms. The molecule has 1 aliphatic rings. The minimum absolute atomic E-state index is 0. The van der Waals surface area contributed by atoms with Gasteiger partial charge in [0.15, 0.2) is 0 Å². The summed E-state index contributed by atoms with van der Waals surface area (Å²) in [6.07, 6.45) is 2.31. The number of piperidine rings is 1. The van der Waals surface area contributed by atoms with Crippen molar-refractivity contribution in [1.82, 2.24) is 14.9 Å². The molecule has 0 bridgehead atoms. The average molecular weight is 388 g/mol. The highest BCUT2D eigenvalue weighted by molar-refractivity contribution is 6.31. The number of benzene rings is 1. The Morgan fingerprint density at radius 2 is 2.24 bits per heavy atom. The van der Waals surface area contributed by atoms with Crippen LogP contribution < -0.4 is 10.9 Å². The summed E-state index contributed by atoms with van der Waals surface area (Å²) in [6.45, 7) is 2.83. The van der Waals surface area contributed by atoms with Gasteiger partial charge >= 0.3 is 0 Å². The molecule has 0 amide bonds. The van der Waals surface area contributed by atoms with E-state index in [0.29, 0.717) is 22.3 Å². The van der Waals surface area contributed by atoms with Gasteiger partial charge in [0.05, 0.1) is 36.0 Å². The number of aliphatic hydroxyl groups excluding tert-OH is 2. The van der Waals surface area contributed by atoms with Crippen molar-refractivity contribution in [1.29, 1.82) is 0 Å². The predicted octanol–water partition coefficient (Wildman–Crippen LogP) is 1.64. The zero-order chi connectivity index (χ0) is 17.3. The van der Waals surface area contributed by atoms with Crippen LogP contribution in [0.25, 0.3) is 10.9 Å². The van der Waals surface area contributed by atoms with E-state index in [1.807, 2.05) is 6.92 Å². The predicted molar refractivity (Wildman–Crippen MR) is 101 cm³/mol. The normalized spacial score (nSPS) is 21.8. The third kappa shape index (κ3) is 4.51. The maximum Gasteiger partial charge on any atom is 0.261 e. The molecule has 8 heteroatoms. The van der Waals surface area contributed by atoms with Gasteiger partial charge in [-0.25, -0.2) is 4.98 Å². The first-order valence-corrected chi connectivity index (χ1v) is 8.58. The number of fused-ring (bicyclic) bond motifs is 1. The van der Waals surface area contributed by atoms with Crippen LogP contribution in [0.4, 0.5) is 0 Å². The van der Waals surface area contributed by atoms with Crippen LogP contribution in [0.15, 0.2) is 23.3 Å². The number of aromatic nitrogens is 2. The summed E-state index contributed by atoms with van der Waals surface area (Å²) < 4.78 is 1.40. The molecule has 2 aromatic rings. The van der Waals surface area contributed by atoms with Crippen molar-refractivity contribution in [3.05, 3.63) is 39.4 Å². The van der Waals surface area contributed by atoms with Gasteiger partial charge in [0.1, 0.15) is 0 Å². The Balaban J connectivity index is 0.00000225. The van der Waals surface area contributed by atoms with E-state index in [0.717, 1.165) is 24.9 Å². The second kappa shape index (κ2) is 8.47. The Bertz CT molecular complexity index is 797. The molecule has 25 heavy (non-hydrogen) atoms. The van der Waals surface area contributed by atoms with E-state index in [9.17, 15) is 15.0 Å². The Kier molecular flexibility index (Phi) is 6.82. The highest BCUT2D eigenvalue weighted by Crippen LogP contribution is 2.19. The van der Waals surface area contributed by atoms with Crippen molar-refractivity contribution in [2.45, 2.75) is 51.0 Å². The molecule has 1 saturated heterocycles. The van der Waals surface area contributed by atoms with Crippen LogP contribution in [0.3, 0.4) is 0 Å². The van der Waals surface area contributed by atoms with E-state index in [-0.39, 0.29) is 30.6 Å². The lowest BCUT2D eigenvalue weighted by atomic mass is 9.96. The Morgan fingerprint density at radius 1 is 1.48 bits per heavy atom. The van der Waals surface area contributed by atoms with Crippen LogP contribution in [0.1, 0.15) is 24.8 Å². The van der Waals surface area contributed by atoms with E-state index in [2.05, 4.69) is 10.3 Å². The summed E-state index contributed by atoms with van der Waals surface area (Å²) in [4.78, 5) is 16.9. The number of hydrogen-bond donors (Lipinski definition) is 3. The molecule has 0 saturated carbocycles. The van der Waals surface area contributed by atoms with Gasteiger partial charge in [-0.05, 0) is 50.4 Å². The van der Waals surface area contributed by atoms with E-state index in [1.54, 1.807) is 12.1 Å². The molecule has 0 aliphatic carbocycles. The minimum atomic E-state index is -0.743. The quantitative estimate of drug-likeness (QED) is 0.742. The highest BCUT2D eigenvalue weighted by Gasteiger charge is 2.25. The Hall–Kier alpha value is -1.18. The van der Waals surface area contributed by atoms with Gasteiger partial charge < -0.3 is 15.5 Å². The zero-order valence-electron chi connectivity index (χ0n) is 14.0. The molecule has 1 fully saturated rings. The third-order valence-corrected chi connectivity index (χ3v) is 4.78. The van der Waals surface area contributed by atoms with E-state index in [4.69, 9.17) is 11.6 Å². The molecule has 0 radical (unpaired) electrons. The number of aliphatic hydroxyl groups is 2.